The topological polar surface area (TPSA) is 138 Å². The second kappa shape index (κ2) is 9.90. The van der Waals surface area contributed by atoms with Crippen LogP contribution in [0.4, 0.5) is 11.5 Å². The Morgan fingerprint density at radius 1 is 1.11 bits per heavy atom. The number of ether oxygens (including phenoxy) is 1. The lowest BCUT2D eigenvalue weighted by molar-refractivity contribution is 0.101. The Bertz CT molecular complexity index is 1440. The Hall–Kier alpha value is -4.31. The molecule has 0 aliphatic heterocycles. The van der Waals surface area contributed by atoms with Gasteiger partial charge in [-0.25, -0.2) is 15.0 Å². The lowest BCUT2D eigenvalue weighted by atomic mass is 10.0. The fraction of sp³-hybridized carbons (Fsp3) is 0.167. The van der Waals surface area contributed by atoms with Gasteiger partial charge >= 0.3 is 6.01 Å². The largest absolute Gasteiger partial charge is 0.422 e. The minimum Gasteiger partial charge on any atom is -0.422 e. The molecular weight excluding hydrogens is 470 g/mol. The number of aromatic nitrogens is 5. The van der Waals surface area contributed by atoms with Crippen molar-refractivity contribution in [3.05, 3.63) is 81.6 Å². The van der Waals surface area contributed by atoms with Gasteiger partial charge in [0.25, 0.3) is 5.91 Å². The molecular formula is C24H22ClN7O3. The molecule has 0 radical (unpaired) electrons. The summed E-state index contributed by atoms with van der Waals surface area (Å²) in [5, 5.41) is 7.00. The van der Waals surface area contributed by atoms with Crippen LogP contribution in [0.1, 0.15) is 35.9 Å². The number of hydrogen-bond donors (Lipinski definition) is 2. The van der Waals surface area contributed by atoms with Crippen LogP contribution in [0.5, 0.6) is 11.8 Å². The van der Waals surface area contributed by atoms with Crippen molar-refractivity contribution in [2.75, 3.05) is 11.1 Å². The molecule has 4 rings (SSSR count). The molecule has 3 N–H and O–H groups in total. The molecule has 35 heavy (non-hydrogen) atoms. The van der Waals surface area contributed by atoms with Crippen LogP contribution in [0.3, 0.4) is 0 Å². The number of nitrogens with zero attached hydrogens (tertiary/aromatic N) is 5. The molecule has 0 fully saturated rings. The molecule has 11 heteroatoms. The number of aryl methyl sites for hydroxylation is 1. The van der Waals surface area contributed by atoms with E-state index in [4.69, 9.17) is 22.1 Å². The Morgan fingerprint density at radius 2 is 1.80 bits per heavy atom. The molecule has 0 unspecified atom stereocenters. The number of halogens is 1. The predicted octanol–water partition coefficient (Wildman–Crippen LogP) is 4.26. The summed E-state index contributed by atoms with van der Waals surface area (Å²) in [5.41, 5.74) is 7.34. The molecule has 0 aliphatic rings. The molecule has 178 valence electrons. The normalized spacial score (nSPS) is 10.9. The van der Waals surface area contributed by atoms with E-state index in [0.29, 0.717) is 11.1 Å². The summed E-state index contributed by atoms with van der Waals surface area (Å²) < 4.78 is 7.10. The van der Waals surface area contributed by atoms with E-state index in [9.17, 15) is 9.59 Å². The molecule has 3 heterocycles. The van der Waals surface area contributed by atoms with E-state index in [1.807, 2.05) is 45.0 Å². The Morgan fingerprint density at radius 3 is 2.46 bits per heavy atom. The number of benzene rings is 1. The number of amides is 1. The van der Waals surface area contributed by atoms with Gasteiger partial charge in [0.05, 0.1) is 18.1 Å². The maximum Gasteiger partial charge on any atom is 0.322 e. The second-order valence-electron chi connectivity index (χ2n) is 7.98. The molecule has 0 spiro atoms. The summed E-state index contributed by atoms with van der Waals surface area (Å²) in [5.74, 6) is -0.330. The SMILES string of the molecule is Cc1ccc(-c2cn(C(C)C)nc(C(=O)Nc3cnc(Oc4ccnc(N)c4Cl)nc3)c2=O)cc1. The number of nitrogens with two attached hydrogens (primary N) is 1. The third kappa shape index (κ3) is 5.28. The smallest absolute Gasteiger partial charge is 0.322 e. The van der Waals surface area contributed by atoms with Crippen LogP contribution < -0.4 is 21.2 Å². The highest BCUT2D eigenvalue weighted by molar-refractivity contribution is 6.34. The van der Waals surface area contributed by atoms with Gasteiger partial charge in [-0.05, 0) is 26.3 Å². The van der Waals surface area contributed by atoms with Crippen molar-refractivity contribution in [1.82, 2.24) is 24.7 Å². The lowest BCUT2D eigenvalue weighted by Gasteiger charge is -2.14. The van der Waals surface area contributed by atoms with Crippen molar-refractivity contribution in [3.8, 4) is 22.9 Å². The van der Waals surface area contributed by atoms with Gasteiger partial charge < -0.3 is 15.8 Å². The summed E-state index contributed by atoms with van der Waals surface area (Å²) in [6.07, 6.45) is 5.76. The van der Waals surface area contributed by atoms with Gasteiger partial charge in [-0.1, -0.05) is 41.4 Å². The summed E-state index contributed by atoms with van der Waals surface area (Å²) >= 11 is 6.06. The van der Waals surface area contributed by atoms with Crippen molar-refractivity contribution in [1.29, 1.82) is 0 Å². The second-order valence-corrected chi connectivity index (χ2v) is 8.36. The lowest BCUT2D eigenvalue weighted by Crippen LogP contribution is -2.28. The third-order valence-electron chi connectivity index (χ3n) is 5.01. The van der Waals surface area contributed by atoms with E-state index in [1.165, 1.54) is 24.7 Å². The fourth-order valence-electron chi connectivity index (χ4n) is 3.10. The van der Waals surface area contributed by atoms with Crippen LogP contribution in [0, 0.1) is 6.92 Å². The molecule has 0 atom stereocenters. The first kappa shape index (κ1) is 23.8. The highest BCUT2D eigenvalue weighted by atomic mass is 35.5. The Balaban J connectivity index is 1.59. The van der Waals surface area contributed by atoms with Gasteiger partial charge in [0.2, 0.25) is 5.43 Å². The Labute approximate surface area is 205 Å². The van der Waals surface area contributed by atoms with Gasteiger partial charge in [-0.3, -0.25) is 14.3 Å². The predicted molar refractivity (Wildman–Crippen MR) is 133 cm³/mol. The highest BCUT2D eigenvalue weighted by Crippen LogP contribution is 2.30. The van der Waals surface area contributed by atoms with Crippen LogP contribution in [0.2, 0.25) is 5.02 Å². The van der Waals surface area contributed by atoms with Crippen molar-refractivity contribution >= 4 is 29.0 Å². The van der Waals surface area contributed by atoms with E-state index in [-0.39, 0.29) is 40.0 Å². The van der Waals surface area contributed by atoms with Gasteiger partial charge in [0.15, 0.2) is 11.4 Å². The first-order valence-corrected chi connectivity index (χ1v) is 11.0. The number of nitrogens with one attached hydrogen (secondary N) is 1. The van der Waals surface area contributed by atoms with Crippen molar-refractivity contribution in [2.24, 2.45) is 0 Å². The Kier molecular flexibility index (Phi) is 6.74. The van der Waals surface area contributed by atoms with Crippen LogP contribution in [0.15, 0.2) is 59.9 Å². The molecule has 0 bridgehead atoms. The zero-order valence-electron chi connectivity index (χ0n) is 19.2. The van der Waals surface area contributed by atoms with Gasteiger partial charge in [0, 0.05) is 30.1 Å². The van der Waals surface area contributed by atoms with Gasteiger partial charge in [-0.2, -0.15) is 5.10 Å². The quantitative estimate of drug-likeness (QED) is 0.408. The van der Waals surface area contributed by atoms with Gasteiger partial charge in [0.1, 0.15) is 10.8 Å². The van der Waals surface area contributed by atoms with E-state index < -0.39 is 11.3 Å². The minimum atomic E-state index is -0.680. The van der Waals surface area contributed by atoms with Gasteiger partial charge in [-0.15, -0.1) is 0 Å². The number of pyridine rings is 1. The van der Waals surface area contributed by atoms with Crippen molar-refractivity contribution in [2.45, 2.75) is 26.8 Å². The van der Waals surface area contributed by atoms with E-state index in [2.05, 4.69) is 25.4 Å². The first-order valence-electron chi connectivity index (χ1n) is 10.6. The molecule has 0 saturated carbocycles. The van der Waals surface area contributed by atoms with Crippen molar-refractivity contribution in [3.63, 3.8) is 0 Å². The average Bonchev–Trinajstić information content (AvgIpc) is 2.84. The summed E-state index contributed by atoms with van der Waals surface area (Å²) in [7, 11) is 0. The standard InChI is InChI=1S/C24H22ClN7O3/c1-13(2)32-12-17(15-6-4-14(3)5-7-15)21(33)20(31-32)23(34)30-16-10-28-24(29-11-16)35-18-8-9-27-22(26)19(18)25/h4-13H,1-3H3,(H2,26,27)(H,30,34). The highest BCUT2D eigenvalue weighted by Gasteiger charge is 2.19. The third-order valence-corrected chi connectivity index (χ3v) is 5.39. The average molecular weight is 492 g/mol. The number of hydrogen-bond acceptors (Lipinski definition) is 8. The fourth-order valence-corrected chi connectivity index (χ4v) is 3.25. The first-order chi connectivity index (χ1) is 16.7. The molecule has 1 amide bonds. The van der Waals surface area contributed by atoms with Crippen LogP contribution in [-0.2, 0) is 0 Å². The number of carbonyl (C=O) groups is 1. The number of carbonyl (C=O) groups excluding carboxylic acids is 1. The number of nitrogen functional groups attached to an aromatic ring is 1. The summed E-state index contributed by atoms with van der Waals surface area (Å²) in [6, 6.07) is 8.93. The maximum absolute atomic E-state index is 13.2. The molecule has 4 aromatic rings. The molecule has 10 nitrogen and oxygen atoms in total. The summed E-state index contributed by atoms with van der Waals surface area (Å²) in [4.78, 5) is 38.1. The number of anilines is 2. The van der Waals surface area contributed by atoms with E-state index in [1.54, 1.807) is 10.9 Å². The minimum absolute atomic E-state index is 0.0165. The monoisotopic (exact) mass is 491 g/mol. The molecule has 0 aliphatic carbocycles. The van der Waals surface area contributed by atoms with Crippen LogP contribution >= 0.6 is 11.6 Å². The van der Waals surface area contributed by atoms with Crippen LogP contribution in [-0.4, -0.2) is 30.6 Å². The van der Waals surface area contributed by atoms with E-state index >= 15 is 0 Å². The van der Waals surface area contributed by atoms with Crippen LogP contribution in [0.25, 0.3) is 11.1 Å². The number of rotatable bonds is 6. The molecule has 1 aromatic carbocycles. The molecule has 0 saturated heterocycles. The maximum atomic E-state index is 13.2. The summed E-state index contributed by atoms with van der Waals surface area (Å²) in [6.45, 7) is 5.78. The van der Waals surface area contributed by atoms with E-state index in [0.717, 1.165) is 5.56 Å². The molecule has 3 aromatic heterocycles. The van der Waals surface area contributed by atoms with Crippen molar-refractivity contribution < 1.29 is 9.53 Å². The zero-order valence-corrected chi connectivity index (χ0v) is 19.9. The zero-order chi connectivity index (χ0) is 25.1.